The number of nitrogens with one attached hydrogen (secondary N) is 2. The van der Waals surface area contributed by atoms with Crippen LogP contribution in [0.1, 0.15) is 0 Å². The Morgan fingerprint density at radius 3 is 2.82 bits per heavy atom. The first-order valence-corrected chi connectivity index (χ1v) is 5.24. The van der Waals surface area contributed by atoms with Crippen LogP contribution in [0.15, 0.2) is 22.8 Å². The topological polar surface area (TPSA) is 123 Å². The Morgan fingerprint density at radius 1 is 1.41 bits per heavy atom. The molecule has 0 aliphatic rings. The summed E-state index contributed by atoms with van der Waals surface area (Å²) in [4.78, 5) is 21.9. The van der Waals surface area contributed by atoms with Gasteiger partial charge in [0.05, 0.1) is 4.92 Å². The van der Waals surface area contributed by atoms with Gasteiger partial charge in [0.15, 0.2) is 10.2 Å². The number of H-pyrrole nitrogens is 1. The molecule has 0 spiro atoms. The number of nitro groups is 1. The van der Waals surface area contributed by atoms with Crippen molar-refractivity contribution in [2.45, 2.75) is 10.2 Å². The normalized spacial score (nSPS) is 10.2. The van der Waals surface area contributed by atoms with Crippen molar-refractivity contribution in [3.05, 3.63) is 22.8 Å². The van der Waals surface area contributed by atoms with Gasteiger partial charge in [0.25, 0.3) is 0 Å². The van der Waals surface area contributed by atoms with Crippen LogP contribution >= 0.6 is 11.8 Å². The van der Waals surface area contributed by atoms with E-state index in [1.54, 1.807) is 7.05 Å². The molecule has 0 radical (unpaired) electrons. The van der Waals surface area contributed by atoms with E-state index in [4.69, 9.17) is 0 Å². The molecule has 2 rings (SSSR count). The molecule has 88 valence electrons. The van der Waals surface area contributed by atoms with Crippen molar-refractivity contribution in [3.8, 4) is 0 Å². The number of hydrogen-bond donors (Lipinski definition) is 2. The lowest BCUT2D eigenvalue weighted by molar-refractivity contribution is -0.387. The van der Waals surface area contributed by atoms with Gasteiger partial charge in [0, 0.05) is 7.05 Å². The SMILES string of the molecule is CNc1ncnc(Sc2ncn[nH]2)c1[N+](=O)[O-]. The van der Waals surface area contributed by atoms with E-state index < -0.39 is 4.92 Å². The quantitative estimate of drug-likeness (QED) is 0.463. The van der Waals surface area contributed by atoms with Gasteiger partial charge in [0.2, 0.25) is 5.82 Å². The lowest BCUT2D eigenvalue weighted by atomic mass is 10.5. The molecule has 0 bridgehead atoms. The van der Waals surface area contributed by atoms with E-state index in [1.165, 1.54) is 12.7 Å². The lowest BCUT2D eigenvalue weighted by Gasteiger charge is -2.03. The van der Waals surface area contributed by atoms with Gasteiger partial charge >= 0.3 is 5.69 Å². The molecule has 10 heteroatoms. The molecule has 0 aliphatic carbocycles. The Morgan fingerprint density at radius 2 is 2.24 bits per heavy atom. The minimum Gasteiger partial charge on any atom is -0.367 e. The van der Waals surface area contributed by atoms with Crippen LogP contribution in [-0.4, -0.2) is 37.1 Å². The highest BCUT2D eigenvalue weighted by Crippen LogP contribution is 2.34. The molecule has 0 unspecified atom stereocenters. The Labute approximate surface area is 99.2 Å². The number of nitrogens with zero attached hydrogens (tertiary/aromatic N) is 5. The predicted octanol–water partition coefficient (Wildman–Crippen LogP) is 0.696. The molecule has 9 nitrogen and oxygen atoms in total. The molecule has 2 heterocycles. The van der Waals surface area contributed by atoms with Crippen LogP contribution in [0, 0.1) is 10.1 Å². The van der Waals surface area contributed by atoms with Crippen LogP contribution < -0.4 is 5.32 Å². The number of aromatic amines is 1. The van der Waals surface area contributed by atoms with Crippen molar-refractivity contribution in [3.63, 3.8) is 0 Å². The molecular weight excluding hydrogens is 246 g/mol. The summed E-state index contributed by atoms with van der Waals surface area (Å²) in [5, 5.41) is 20.5. The van der Waals surface area contributed by atoms with E-state index in [-0.39, 0.29) is 16.5 Å². The Balaban J connectivity index is 2.42. The first kappa shape index (κ1) is 11.3. The average molecular weight is 253 g/mol. The van der Waals surface area contributed by atoms with Crippen LogP contribution in [0.2, 0.25) is 0 Å². The highest BCUT2D eigenvalue weighted by atomic mass is 32.2. The molecule has 0 aromatic carbocycles. The maximum Gasteiger partial charge on any atom is 0.343 e. The summed E-state index contributed by atoms with van der Waals surface area (Å²) < 4.78 is 0. The summed E-state index contributed by atoms with van der Waals surface area (Å²) in [5.41, 5.74) is -0.184. The molecule has 2 aromatic rings. The zero-order valence-electron chi connectivity index (χ0n) is 8.62. The van der Waals surface area contributed by atoms with Gasteiger partial charge in [-0.15, -0.1) is 0 Å². The van der Waals surface area contributed by atoms with Gasteiger partial charge in [-0.2, -0.15) is 5.10 Å². The lowest BCUT2D eigenvalue weighted by Crippen LogP contribution is -2.02. The number of aromatic nitrogens is 5. The maximum absolute atomic E-state index is 11.0. The summed E-state index contributed by atoms with van der Waals surface area (Å²) in [6, 6.07) is 0. The molecular formula is C7H7N7O2S. The third-order valence-corrected chi connectivity index (χ3v) is 2.68. The monoisotopic (exact) mass is 253 g/mol. The van der Waals surface area contributed by atoms with E-state index in [1.807, 2.05) is 0 Å². The van der Waals surface area contributed by atoms with Gasteiger partial charge in [0.1, 0.15) is 12.7 Å². The highest BCUT2D eigenvalue weighted by Gasteiger charge is 2.23. The molecule has 0 atom stereocenters. The van der Waals surface area contributed by atoms with Crippen molar-refractivity contribution in [1.82, 2.24) is 25.1 Å². The summed E-state index contributed by atoms with van der Waals surface area (Å²) in [5.74, 6) is 0.159. The molecule has 0 fully saturated rings. The van der Waals surface area contributed by atoms with Crippen LogP contribution in [0.5, 0.6) is 0 Å². The molecule has 0 saturated carbocycles. The fourth-order valence-electron chi connectivity index (χ4n) is 1.12. The number of hydrogen-bond acceptors (Lipinski definition) is 8. The Hall–Kier alpha value is -2.23. The van der Waals surface area contributed by atoms with Gasteiger partial charge in [-0.05, 0) is 11.8 Å². The van der Waals surface area contributed by atoms with E-state index >= 15 is 0 Å². The van der Waals surface area contributed by atoms with Gasteiger partial charge in [-0.25, -0.2) is 15.0 Å². The van der Waals surface area contributed by atoms with E-state index in [0.29, 0.717) is 5.16 Å². The van der Waals surface area contributed by atoms with Crippen molar-refractivity contribution in [2.24, 2.45) is 0 Å². The summed E-state index contributed by atoms with van der Waals surface area (Å²) in [6.07, 6.45) is 2.56. The fourth-order valence-corrected chi connectivity index (χ4v) is 1.87. The van der Waals surface area contributed by atoms with Crippen molar-refractivity contribution in [2.75, 3.05) is 12.4 Å². The zero-order chi connectivity index (χ0) is 12.3. The molecule has 17 heavy (non-hydrogen) atoms. The molecule has 0 aliphatic heterocycles. The van der Waals surface area contributed by atoms with Crippen molar-refractivity contribution in [1.29, 1.82) is 0 Å². The first-order chi connectivity index (χ1) is 8.22. The number of anilines is 1. The highest BCUT2D eigenvalue weighted by molar-refractivity contribution is 7.99. The van der Waals surface area contributed by atoms with E-state index in [2.05, 4.69) is 30.5 Å². The molecule has 0 amide bonds. The average Bonchev–Trinajstić information content (AvgIpc) is 2.81. The first-order valence-electron chi connectivity index (χ1n) is 4.42. The second-order valence-electron chi connectivity index (χ2n) is 2.78. The van der Waals surface area contributed by atoms with Crippen LogP contribution in [-0.2, 0) is 0 Å². The smallest absolute Gasteiger partial charge is 0.343 e. The van der Waals surface area contributed by atoms with Gasteiger partial charge < -0.3 is 5.32 Å². The molecule has 2 N–H and O–H groups in total. The minimum atomic E-state index is -0.537. The summed E-state index contributed by atoms with van der Waals surface area (Å²) in [6.45, 7) is 0. The predicted molar refractivity (Wildman–Crippen MR) is 58.7 cm³/mol. The van der Waals surface area contributed by atoms with Crippen molar-refractivity contribution < 1.29 is 4.92 Å². The second kappa shape index (κ2) is 4.74. The third kappa shape index (κ3) is 2.30. The Bertz CT molecular complexity index is 529. The molecule has 2 aromatic heterocycles. The third-order valence-electron chi connectivity index (χ3n) is 1.79. The zero-order valence-corrected chi connectivity index (χ0v) is 9.43. The largest absolute Gasteiger partial charge is 0.367 e. The van der Waals surface area contributed by atoms with Gasteiger partial charge in [-0.3, -0.25) is 15.2 Å². The Kier molecular flexibility index (Phi) is 3.14. The van der Waals surface area contributed by atoms with Crippen LogP contribution in [0.25, 0.3) is 0 Å². The second-order valence-corrected chi connectivity index (χ2v) is 3.75. The number of rotatable bonds is 4. The van der Waals surface area contributed by atoms with Crippen LogP contribution in [0.3, 0.4) is 0 Å². The summed E-state index contributed by atoms with van der Waals surface area (Å²) in [7, 11) is 1.55. The summed E-state index contributed by atoms with van der Waals surface area (Å²) >= 11 is 1.02. The maximum atomic E-state index is 11.0. The molecule has 0 saturated heterocycles. The van der Waals surface area contributed by atoms with E-state index in [0.717, 1.165) is 11.8 Å². The van der Waals surface area contributed by atoms with E-state index in [9.17, 15) is 10.1 Å². The standard InChI is InChI=1S/C7H7N7O2S/c1-8-5-4(14(15)16)6(10-2-9-5)17-7-11-3-12-13-7/h2-3H,1H3,(H,8,9,10)(H,11,12,13). The fraction of sp³-hybridized carbons (Fsp3) is 0.143. The van der Waals surface area contributed by atoms with Gasteiger partial charge in [-0.1, -0.05) is 0 Å². The van der Waals surface area contributed by atoms with Crippen molar-refractivity contribution >= 4 is 23.3 Å². The minimum absolute atomic E-state index is 0.159. The van der Waals surface area contributed by atoms with Crippen LogP contribution in [0.4, 0.5) is 11.5 Å².